The number of aliphatic hydroxyl groups excluding tert-OH is 1. The van der Waals surface area contributed by atoms with E-state index < -0.39 is 6.10 Å². The molecule has 1 aromatic carbocycles. The van der Waals surface area contributed by atoms with Gasteiger partial charge in [0.2, 0.25) is 0 Å². The fraction of sp³-hybridized carbons (Fsp3) is 0.667. The molecule has 1 aromatic rings. The van der Waals surface area contributed by atoms with E-state index >= 15 is 0 Å². The molecule has 2 heteroatoms. The van der Waals surface area contributed by atoms with E-state index in [0.29, 0.717) is 0 Å². The fourth-order valence-electron chi connectivity index (χ4n) is 2.50. The summed E-state index contributed by atoms with van der Waals surface area (Å²) in [5.41, 5.74) is 0.825. The predicted molar refractivity (Wildman–Crippen MR) is 83.2 cm³/mol. The molecule has 1 unspecified atom stereocenters. The number of benzene rings is 1. The molecule has 20 heavy (non-hydrogen) atoms. The van der Waals surface area contributed by atoms with Gasteiger partial charge in [-0.2, -0.15) is 0 Å². The Labute approximate surface area is 123 Å². The monoisotopic (exact) mass is 280 g/mol. The van der Waals surface area contributed by atoms with Crippen LogP contribution in [0.25, 0.3) is 0 Å². The van der Waals surface area contributed by atoms with Crippen molar-refractivity contribution in [3.05, 3.63) is 35.6 Å². The third-order valence-electron chi connectivity index (χ3n) is 3.84. The molecule has 0 saturated heterocycles. The molecule has 1 N–H and O–H groups in total. The van der Waals surface area contributed by atoms with E-state index in [-0.39, 0.29) is 5.82 Å². The van der Waals surface area contributed by atoms with Crippen LogP contribution in [0.3, 0.4) is 0 Å². The summed E-state index contributed by atoms with van der Waals surface area (Å²) in [5, 5.41) is 9.99. The second-order valence-electron chi connectivity index (χ2n) is 5.68. The maximum absolute atomic E-state index is 12.8. The van der Waals surface area contributed by atoms with Gasteiger partial charge in [0.15, 0.2) is 0 Å². The highest BCUT2D eigenvalue weighted by atomic mass is 19.1. The summed E-state index contributed by atoms with van der Waals surface area (Å²) in [7, 11) is 0. The van der Waals surface area contributed by atoms with Gasteiger partial charge in [0.1, 0.15) is 5.82 Å². The SMILES string of the molecule is CCCCCCCCCCCC(O)c1ccc(F)cc1. The second-order valence-corrected chi connectivity index (χ2v) is 5.68. The molecule has 0 radical (unpaired) electrons. The summed E-state index contributed by atoms with van der Waals surface area (Å²) in [6.45, 7) is 2.24. The van der Waals surface area contributed by atoms with Crippen molar-refractivity contribution in [1.29, 1.82) is 0 Å². The van der Waals surface area contributed by atoms with E-state index in [2.05, 4.69) is 6.92 Å². The van der Waals surface area contributed by atoms with Crippen LogP contribution in [0.4, 0.5) is 4.39 Å². The summed E-state index contributed by atoms with van der Waals surface area (Å²) >= 11 is 0. The van der Waals surface area contributed by atoms with Crippen LogP contribution in [0.15, 0.2) is 24.3 Å². The first-order chi connectivity index (χ1) is 9.74. The van der Waals surface area contributed by atoms with Crippen molar-refractivity contribution in [2.75, 3.05) is 0 Å². The lowest BCUT2D eigenvalue weighted by Gasteiger charge is -2.10. The lowest BCUT2D eigenvalue weighted by Crippen LogP contribution is -1.97. The minimum Gasteiger partial charge on any atom is -0.388 e. The molecular formula is C18H29FO. The normalized spacial score (nSPS) is 12.6. The molecule has 1 nitrogen and oxygen atoms in total. The van der Waals surface area contributed by atoms with Gasteiger partial charge in [0, 0.05) is 0 Å². The third-order valence-corrected chi connectivity index (χ3v) is 3.84. The quantitative estimate of drug-likeness (QED) is 0.509. The minimum atomic E-state index is -0.444. The average Bonchev–Trinajstić information content (AvgIpc) is 2.46. The molecule has 0 heterocycles. The van der Waals surface area contributed by atoms with Crippen LogP contribution >= 0.6 is 0 Å². The number of hydrogen-bond donors (Lipinski definition) is 1. The summed E-state index contributed by atoms with van der Waals surface area (Å²) < 4.78 is 12.8. The summed E-state index contributed by atoms with van der Waals surface area (Å²) in [5.74, 6) is -0.246. The molecule has 0 aromatic heterocycles. The first-order valence-electron chi connectivity index (χ1n) is 8.17. The maximum Gasteiger partial charge on any atom is 0.123 e. The van der Waals surface area contributed by atoms with E-state index in [4.69, 9.17) is 0 Å². The fourth-order valence-corrected chi connectivity index (χ4v) is 2.50. The zero-order valence-electron chi connectivity index (χ0n) is 12.8. The number of unbranched alkanes of at least 4 members (excludes halogenated alkanes) is 8. The number of aliphatic hydroxyl groups is 1. The Balaban J connectivity index is 1.99. The highest BCUT2D eigenvalue weighted by Gasteiger charge is 2.06. The predicted octanol–water partition coefficient (Wildman–Crippen LogP) is 5.78. The van der Waals surface area contributed by atoms with Gasteiger partial charge >= 0.3 is 0 Å². The molecular weight excluding hydrogens is 251 g/mol. The van der Waals surface area contributed by atoms with Crippen LogP contribution in [0.1, 0.15) is 82.8 Å². The Kier molecular flexibility index (Phi) is 9.31. The molecule has 0 aliphatic carbocycles. The smallest absolute Gasteiger partial charge is 0.123 e. The number of hydrogen-bond acceptors (Lipinski definition) is 1. The molecule has 1 rings (SSSR count). The van der Waals surface area contributed by atoms with Crippen molar-refractivity contribution in [2.24, 2.45) is 0 Å². The molecule has 0 amide bonds. The van der Waals surface area contributed by atoms with E-state index in [1.165, 1.54) is 63.5 Å². The topological polar surface area (TPSA) is 20.2 Å². The molecule has 0 saturated carbocycles. The molecule has 1 atom stereocenters. The molecule has 0 spiro atoms. The van der Waals surface area contributed by atoms with Gasteiger partial charge < -0.3 is 5.11 Å². The lowest BCUT2D eigenvalue weighted by molar-refractivity contribution is 0.163. The maximum atomic E-state index is 12.8. The van der Waals surface area contributed by atoms with Crippen LogP contribution < -0.4 is 0 Å². The van der Waals surface area contributed by atoms with Crippen molar-refractivity contribution in [3.8, 4) is 0 Å². The highest BCUT2D eigenvalue weighted by Crippen LogP contribution is 2.20. The van der Waals surface area contributed by atoms with Crippen molar-refractivity contribution in [3.63, 3.8) is 0 Å². The highest BCUT2D eigenvalue weighted by molar-refractivity contribution is 5.18. The largest absolute Gasteiger partial charge is 0.388 e. The van der Waals surface area contributed by atoms with Crippen LogP contribution in [0.5, 0.6) is 0 Å². The van der Waals surface area contributed by atoms with E-state index in [0.717, 1.165) is 18.4 Å². The van der Waals surface area contributed by atoms with Gasteiger partial charge in [-0.15, -0.1) is 0 Å². The Bertz CT molecular complexity index is 334. The molecule has 0 aliphatic heterocycles. The molecule has 0 bridgehead atoms. The zero-order valence-corrected chi connectivity index (χ0v) is 12.8. The standard InChI is InChI=1S/C18H29FO/c1-2-3-4-5-6-7-8-9-10-11-18(20)16-12-14-17(19)15-13-16/h12-15,18,20H,2-11H2,1H3. The Morgan fingerprint density at radius 2 is 1.35 bits per heavy atom. The van der Waals surface area contributed by atoms with E-state index in [1.807, 2.05) is 0 Å². The summed E-state index contributed by atoms with van der Waals surface area (Å²) in [6, 6.07) is 6.17. The number of halogens is 1. The van der Waals surface area contributed by atoms with Crippen molar-refractivity contribution >= 4 is 0 Å². The van der Waals surface area contributed by atoms with E-state index in [1.54, 1.807) is 12.1 Å². The Morgan fingerprint density at radius 3 is 1.90 bits per heavy atom. The van der Waals surface area contributed by atoms with Crippen LogP contribution in [0.2, 0.25) is 0 Å². The lowest BCUT2D eigenvalue weighted by atomic mass is 10.0. The molecule has 0 aliphatic rings. The second kappa shape index (κ2) is 10.8. The minimum absolute atomic E-state index is 0.246. The average molecular weight is 280 g/mol. The van der Waals surface area contributed by atoms with Gasteiger partial charge in [-0.1, -0.05) is 76.8 Å². The molecule has 114 valence electrons. The van der Waals surface area contributed by atoms with Gasteiger partial charge in [0.25, 0.3) is 0 Å². The third kappa shape index (κ3) is 7.64. The first kappa shape index (κ1) is 17.2. The van der Waals surface area contributed by atoms with Gasteiger partial charge in [-0.25, -0.2) is 4.39 Å². The summed E-state index contributed by atoms with van der Waals surface area (Å²) in [4.78, 5) is 0. The first-order valence-corrected chi connectivity index (χ1v) is 8.17. The zero-order chi connectivity index (χ0) is 14.6. The van der Waals surface area contributed by atoms with Crippen LogP contribution in [-0.4, -0.2) is 5.11 Å². The Morgan fingerprint density at radius 1 is 0.850 bits per heavy atom. The van der Waals surface area contributed by atoms with Crippen molar-refractivity contribution in [1.82, 2.24) is 0 Å². The van der Waals surface area contributed by atoms with Crippen LogP contribution in [-0.2, 0) is 0 Å². The van der Waals surface area contributed by atoms with Crippen molar-refractivity contribution in [2.45, 2.75) is 77.2 Å². The van der Waals surface area contributed by atoms with Gasteiger partial charge in [-0.05, 0) is 24.1 Å². The number of rotatable bonds is 11. The van der Waals surface area contributed by atoms with Crippen LogP contribution in [0, 0.1) is 5.82 Å². The van der Waals surface area contributed by atoms with Gasteiger partial charge in [0.05, 0.1) is 6.10 Å². The van der Waals surface area contributed by atoms with E-state index in [9.17, 15) is 9.50 Å². The Hall–Kier alpha value is -0.890. The molecule has 0 fully saturated rings. The van der Waals surface area contributed by atoms with Gasteiger partial charge in [-0.3, -0.25) is 0 Å². The van der Waals surface area contributed by atoms with Crippen molar-refractivity contribution < 1.29 is 9.50 Å². The summed E-state index contributed by atoms with van der Waals surface area (Å²) in [6.07, 6.45) is 11.9.